The van der Waals surface area contributed by atoms with Crippen LogP contribution in [-0.4, -0.2) is 18.4 Å². The van der Waals surface area contributed by atoms with Crippen LogP contribution in [0.3, 0.4) is 0 Å². The highest BCUT2D eigenvalue weighted by molar-refractivity contribution is 6.35. The van der Waals surface area contributed by atoms with E-state index in [1.54, 1.807) is 0 Å². The van der Waals surface area contributed by atoms with E-state index in [1.165, 1.54) is 25.7 Å². The number of unbranched alkanes of at least 4 members (excludes halogenated alkanes) is 5. The van der Waals surface area contributed by atoms with Crippen molar-refractivity contribution in [2.75, 3.05) is 6.54 Å². The van der Waals surface area contributed by atoms with E-state index in [-0.39, 0.29) is 6.04 Å². The molecule has 0 unspecified atom stereocenters. The molecule has 0 aromatic heterocycles. The SMILES string of the molecule is CCCCCCCCNC(=O)C(=O)N[C@H](C)c1ccccc1. The van der Waals surface area contributed by atoms with Crippen LogP contribution >= 0.6 is 0 Å². The number of carbonyl (C=O) groups is 2. The van der Waals surface area contributed by atoms with Crippen LogP contribution < -0.4 is 10.6 Å². The summed E-state index contributed by atoms with van der Waals surface area (Å²) < 4.78 is 0. The van der Waals surface area contributed by atoms with Crippen LogP contribution in [0.15, 0.2) is 30.3 Å². The Labute approximate surface area is 133 Å². The second kappa shape index (κ2) is 10.8. The Kier molecular flexibility index (Phi) is 8.96. The molecule has 0 aliphatic carbocycles. The summed E-state index contributed by atoms with van der Waals surface area (Å²) in [4.78, 5) is 23.5. The summed E-state index contributed by atoms with van der Waals surface area (Å²) in [6.45, 7) is 4.63. The molecule has 1 aromatic rings. The van der Waals surface area contributed by atoms with Crippen molar-refractivity contribution in [2.45, 2.75) is 58.4 Å². The molecule has 2 amide bonds. The van der Waals surface area contributed by atoms with Crippen molar-refractivity contribution in [3.05, 3.63) is 35.9 Å². The number of hydrogen-bond donors (Lipinski definition) is 2. The summed E-state index contributed by atoms with van der Waals surface area (Å²) in [5, 5.41) is 5.39. The maximum atomic E-state index is 11.8. The molecule has 1 rings (SSSR count). The second-order valence-electron chi connectivity index (χ2n) is 5.63. The molecule has 0 fully saturated rings. The van der Waals surface area contributed by atoms with E-state index >= 15 is 0 Å². The average molecular weight is 304 g/mol. The fourth-order valence-corrected chi connectivity index (χ4v) is 2.27. The monoisotopic (exact) mass is 304 g/mol. The molecule has 0 aliphatic rings. The van der Waals surface area contributed by atoms with Crippen molar-refractivity contribution in [1.29, 1.82) is 0 Å². The minimum atomic E-state index is -0.567. The predicted octanol–water partition coefficient (Wildman–Crippen LogP) is 3.34. The van der Waals surface area contributed by atoms with Gasteiger partial charge in [0.2, 0.25) is 0 Å². The zero-order valence-corrected chi connectivity index (χ0v) is 13.7. The van der Waals surface area contributed by atoms with Crippen molar-refractivity contribution in [3.8, 4) is 0 Å². The maximum Gasteiger partial charge on any atom is 0.309 e. The Morgan fingerprint density at radius 1 is 0.955 bits per heavy atom. The van der Waals surface area contributed by atoms with Crippen molar-refractivity contribution >= 4 is 11.8 Å². The van der Waals surface area contributed by atoms with Crippen LogP contribution in [0.5, 0.6) is 0 Å². The van der Waals surface area contributed by atoms with Gasteiger partial charge in [-0.2, -0.15) is 0 Å². The number of hydrogen-bond acceptors (Lipinski definition) is 2. The highest BCUT2D eigenvalue weighted by atomic mass is 16.2. The average Bonchev–Trinajstić information content (AvgIpc) is 2.54. The second-order valence-corrected chi connectivity index (χ2v) is 5.63. The first-order chi connectivity index (χ1) is 10.6. The lowest BCUT2D eigenvalue weighted by Gasteiger charge is -2.14. The molecule has 4 heteroatoms. The van der Waals surface area contributed by atoms with Gasteiger partial charge in [-0.1, -0.05) is 69.4 Å². The van der Waals surface area contributed by atoms with E-state index < -0.39 is 11.8 Å². The van der Waals surface area contributed by atoms with E-state index in [2.05, 4.69) is 17.6 Å². The molecule has 1 atom stereocenters. The van der Waals surface area contributed by atoms with Crippen LogP contribution in [0, 0.1) is 0 Å². The van der Waals surface area contributed by atoms with Gasteiger partial charge in [-0.25, -0.2) is 0 Å². The van der Waals surface area contributed by atoms with Crippen molar-refractivity contribution in [2.24, 2.45) is 0 Å². The Morgan fingerprint density at radius 3 is 2.27 bits per heavy atom. The van der Waals surface area contributed by atoms with E-state index in [0.29, 0.717) is 6.54 Å². The molecule has 2 N–H and O–H groups in total. The van der Waals surface area contributed by atoms with Crippen molar-refractivity contribution in [1.82, 2.24) is 10.6 Å². The summed E-state index contributed by atoms with van der Waals surface area (Å²) in [6.07, 6.45) is 6.97. The third-order valence-corrected chi connectivity index (χ3v) is 3.67. The number of benzene rings is 1. The molecule has 0 saturated heterocycles. The molecular weight excluding hydrogens is 276 g/mol. The summed E-state index contributed by atoms with van der Waals surface area (Å²) in [5.41, 5.74) is 0.986. The normalized spacial score (nSPS) is 11.7. The standard InChI is InChI=1S/C18H28N2O2/c1-3-4-5-6-7-11-14-19-17(21)18(22)20-15(2)16-12-9-8-10-13-16/h8-10,12-13,15H,3-7,11,14H2,1-2H3,(H,19,21)(H,20,22)/t15-/m1/s1. The molecule has 22 heavy (non-hydrogen) atoms. The van der Waals surface area contributed by atoms with E-state index in [0.717, 1.165) is 18.4 Å². The predicted molar refractivity (Wildman–Crippen MR) is 89.4 cm³/mol. The quantitative estimate of drug-likeness (QED) is 0.543. The van der Waals surface area contributed by atoms with Gasteiger partial charge < -0.3 is 10.6 Å². The maximum absolute atomic E-state index is 11.8. The van der Waals surface area contributed by atoms with Gasteiger partial charge in [0.25, 0.3) is 0 Å². The first-order valence-corrected chi connectivity index (χ1v) is 8.28. The Bertz CT molecular complexity index is 446. The topological polar surface area (TPSA) is 58.2 Å². The highest BCUT2D eigenvalue weighted by Crippen LogP contribution is 2.10. The molecule has 0 spiro atoms. The van der Waals surface area contributed by atoms with Gasteiger partial charge in [0, 0.05) is 6.54 Å². The number of nitrogens with one attached hydrogen (secondary N) is 2. The van der Waals surface area contributed by atoms with E-state index in [9.17, 15) is 9.59 Å². The number of carbonyl (C=O) groups excluding carboxylic acids is 2. The Morgan fingerprint density at radius 2 is 1.59 bits per heavy atom. The summed E-state index contributed by atoms with van der Waals surface area (Å²) >= 11 is 0. The van der Waals surface area contributed by atoms with E-state index in [4.69, 9.17) is 0 Å². The van der Waals surface area contributed by atoms with Gasteiger partial charge in [-0.3, -0.25) is 9.59 Å². The zero-order valence-electron chi connectivity index (χ0n) is 13.7. The Balaban J connectivity index is 2.18. The fraction of sp³-hybridized carbons (Fsp3) is 0.556. The molecule has 0 radical (unpaired) electrons. The first kappa shape index (κ1) is 18.2. The van der Waals surface area contributed by atoms with Crippen LogP contribution in [0.2, 0.25) is 0 Å². The minimum absolute atomic E-state index is 0.173. The van der Waals surface area contributed by atoms with Crippen LogP contribution in [0.4, 0.5) is 0 Å². The Hall–Kier alpha value is -1.84. The van der Waals surface area contributed by atoms with Gasteiger partial charge in [-0.05, 0) is 18.9 Å². The van der Waals surface area contributed by atoms with Gasteiger partial charge >= 0.3 is 11.8 Å². The molecule has 0 bridgehead atoms. The molecule has 0 aliphatic heterocycles. The zero-order chi connectivity index (χ0) is 16.2. The molecule has 0 saturated carbocycles. The third kappa shape index (κ3) is 7.25. The smallest absolute Gasteiger partial charge is 0.309 e. The van der Waals surface area contributed by atoms with Crippen LogP contribution in [0.1, 0.15) is 64.0 Å². The summed E-state index contributed by atoms with van der Waals surface area (Å²) in [5.74, 6) is -1.11. The summed E-state index contributed by atoms with van der Waals surface area (Å²) in [6, 6.07) is 9.44. The van der Waals surface area contributed by atoms with Crippen molar-refractivity contribution < 1.29 is 9.59 Å². The van der Waals surface area contributed by atoms with E-state index in [1.807, 2.05) is 37.3 Å². The van der Waals surface area contributed by atoms with Gasteiger partial charge in [-0.15, -0.1) is 0 Å². The fourth-order valence-electron chi connectivity index (χ4n) is 2.27. The van der Waals surface area contributed by atoms with Gasteiger partial charge in [0.05, 0.1) is 6.04 Å². The largest absolute Gasteiger partial charge is 0.348 e. The summed E-state index contributed by atoms with van der Waals surface area (Å²) in [7, 11) is 0. The number of rotatable bonds is 9. The third-order valence-electron chi connectivity index (χ3n) is 3.67. The van der Waals surface area contributed by atoms with Crippen molar-refractivity contribution in [3.63, 3.8) is 0 Å². The minimum Gasteiger partial charge on any atom is -0.348 e. The molecule has 0 heterocycles. The van der Waals surface area contributed by atoms with Gasteiger partial charge in [0.1, 0.15) is 0 Å². The lowest BCUT2D eigenvalue weighted by atomic mass is 10.1. The molecule has 4 nitrogen and oxygen atoms in total. The first-order valence-electron chi connectivity index (χ1n) is 8.28. The lowest BCUT2D eigenvalue weighted by Crippen LogP contribution is -2.41. The molecule has 122 valence electrons. The molecular formula is C18H28N2O2. The lowest BCUT2D eigenvalue weighted by molar-refractivity contribution is -0.139. The number of amides is 2. The van der Waals surface area contributed by atoms with Crippen LogP contribution in [-0.2, 0) is 9.59 Å². The molecule has 1 aromatic carbocycles. The highest BCUT2D eigenvalue weighted by Gasteiger charge is 2.16. The van der Waals surface area contributed by atoms with Crippen LogP contribution in [0.25, 0.3) is 0 Å². The van der Waals surface area contributed by atoms with Gasteiger partial charge in [0.15, 0.2) is 0 Å².